The third-order valence-electron chi connectivity index (χ3n) is 5.14. The van der Waals surface area contributed by atoms with Crippen molar-refractivity contribution in [2.45, 2.75) is 20.3 Å². The van der Waals surface area contributed by atoms with Gasteiger partial charge in [-0.25, -0.2) is 0 Å². The molecule has 2 N–H and O–H groups in total. The molecule has 0 saturated carbocycles. The zero-order valence-corrected chi connectivity index (χ0v) is 19.2. The molecule has 0 atom stereocenters. The summed E-state index contributed by atoms with van der Waals surface area (Å²) >= 11 is 0. The van der Waals surface area contributed by atoms with Crippen LogP contribution in [0.4, 0.5) is 11.4 Å². The molecule has 33 heavy (non-hydrogen) atoms. The fourth-order valence-electron chi connectivity index (χ4n) is 3.33. The van der Waals surface area contributed by atoms with Crippen LogP contribution in [-0.2, 0) is 11.2 Å². The van der Waals surface area contributed by atoms with Crippen molar-refractivity contribution in [3.8, 4) is 17.2 Å². The molecule has 0 saturated heterocycles. The minimum absolute atomic E-state index is 0.211. The first-order valence-corrected chi connectivity index (χ1v) is 10.6. The van der Waals surface area contributed by atoms with E-state index in [0.717, 1.165) is 23.2 Å². The summed E-state index contributed by atoms with van der Waals surface area (Å²) in [6.07, 6.45) is 0.811. The molecular weight excluding hydrogens is 420 g/mol. The van der Waals surface area contributed by atoms with Gasteiger partial charge in [0.1, 0.15) is 5.75 Å². The van der Waals surface area contributed by atoms with Crippen molar-refractivity contribution in [1.82, 2.24) is 0 Å². The van der Waals surface area contributed by atoms with E-state index in [1.807, 2.05) is 32.0 Å². The number of nitrogens with one attached hydrogen (secondary N) is 2. The standard InChI is InChI=1S/C26H28N2O5/c1-5-18-8-6-7-17(2)25(18)28-26(30)19-9-14-22(23(15-19)32-4)33-16-24(29)27-20-10-12-21(31-3)13-11-20/h6-15H,5,16H2,1-4H3,(H,27,29)(H,28,30). The Morgan fingerprint density at radius 2 is 1.64 bits per heavy atom. The van der Waals surface area contributed by atoms with E-state index in [1.54, 1.807) is 49.6 Å². The van der Waals surface area contributed by atoms with Crippen LogP contribution in [0.2, 0.25) is 0 Å². The largest absolute Gasteiger partial charge is 0.497 e. The highest BCUT2D eigenvalue weighted by atomic mass is 16.5. The van der Waals surface area contributed by atoms with E-state index >= 15 is 0 Å². The Hall–Kier alpha value is -4.00. The number of carbonyl (C=O) groups excluding carboxylic acids is 2. The van der Waals surface area contributed by atoms with Crippen LogP contribution in [0, 0.1) is 6.92 Å². The van der Waals surface area contributed by atoms with Crippen LogP contribution >= 0.6 is 0 Å². The second-order valence-electron chi connectivity index (χ2n) is 7.35. The maximum atomic E-state index is 12.8. The van der Waals surface area contributed by atoms with Gasteiger partial charge in [-0.2, -0.15) is 0 Å². The SMILES string of the molecule is CCc1cccc(C)c1NC(=O)c1ccc(OCC(=O)Nc2ccc(OC)cc2)c(OC)c1. The number of hydrogen-bond acceptors (Lipinski definition) is 5. The highest BCUT2D eigenvalue weighted by molar-refractivity contribution is 6.05. The number of aryl methyl sites for hydroxylation is 2. The maximum absolute atomic E-state index is 12.8. The molecule has 0 spiro atoms. The molecule has 0 fully saturated rings. The smallest absolute Gasteiger partial charge is 0.262 e. The van der Waals surface area contributed by atoms with E-state index < -0.39 is 0 Å². The first-order chi connectivity index (χ1) is 15.9. The number of hydrogen-bond donors (Lipinski definition) is 2. The van der Waals surface area contributed by atoms with Gasteiger partial charge in [0.25, 0.3) is 11.8 Å². The van der Waals surface area contributed by atoms with E-state index in [0.29, 0.717) is 28.5 Å². The van der Waals surface area contributed by atoms with Gasteiger partial charge < -0.3 is 24.8 Å². The molecule has 3 aromatic rings. The van der Waals surface area contributed by atoms with Crippen LogP contribution in [0.5, 0.6) is 17.2 Å². The number of anilines is 2. The predicted octanol–water partition coefficient (Wildman–Crippen LogP) is 4.84. The first kappa shape index (κ1) is 23.7. The van der Waals surface area contributed by atoms with Crippen LogP contribution in [0.15, 0.2) is 60.7 Å². The molecule has 0 heterocycles. The van der Waals surface area contributed by atoms with Crippen molar-refractivity contribution >= 4 is 23.2 Å². The molecule has 0 aromatic heterocycles. The van der Waals surface area contributed by atoms with E-state index in [-0.39, 0.29) is 18.4 Å². The predicted molar refractivity (Wildman–Crippen MR) is 129 cm³/mol. The number of rotatable bonds is 9. The summed E-state index contributed by atoms with van der Waals surface area (Å²) in [6, 6.07) is 17.8. The van der Waals surface area contributed by atoms with Crippen molar-refractivity contribution in [3.05, 3.63) is 77.4 Å². The average molecular weight is 449 g/mol. The number of para-hydroxylation sites is 1. The summed E-state index contributed by atoms with van der Waals surface area (Å²) < 4.78 is 16.1. The fourth-order valence-corrected chi connectivity index (χ4v) is 3.33. The van der Waals surface area contributed by atoms with Gasteiger partial charge in [0, 0.05) is 16.9 Å². The molecule has 0 radical (unpaired) electrons. The number of methoxy groups -OCH3 is 2. The molecule has 0 bridgehead atoms. The number of benzene rings is 3. The van der Waals surface area contributed by atoms with Crippen molar-refractivity contribution in [1.29, 1.82) is 0 Å². The minimum Gasteiger partial charge on any atom is -0.497 e. The molecule has 0 aliphatic rings. The third-order valence-corrected chi connectivity index (χ3v) is 5.14. The Labute approximate surface area is 193 Å². The second-order valence-corrected chi connectivity index (χ2v) is 7.35. The normalized spacial score (nSPS) is 10.3. The van der Waals surface area contributed by atoms with Gasteiger partial charge in [0.15, 0.2) is 18.1 Å². The van der Waals surface area contributed by atoms with Gasteiger partial charge in [-0.1, -0.05) is 25.1 Å². The molecule has 172 valence electrons. The van der Waals surface area contributed by atoms with E-state index in [1.165, 1.54) is 7.11 Å². The van der Waals surface area contributed by atoms with Crippen molar-refractivity contribution in [2.75, 3.05) is 31.5 Å². The Kier molecular flexibility index (Phi) is 7.91. The minimum atomic E-state index is -0.323. The van der Waals surface area contributed by atoms with Gasteiger partial charge in [-0.3, -0.25) is 9.59 Å². The molecule has 3 aromatic carbocycles. The molecule has 2 amide bonds. The Balaban J connectivity index is 1.65. The summed E-state index contributed by atoms with van der Waals surface area (Å²) in [5, 5.41) is 5.74. The maximum Gasteiger partial charge on any atom is 0.262 e. The van der Waals surface area contributed by atoms with Gasteiger partial charge >= 0.3 is 0 Å². The summed E-state index contributed by atoms with van der Waals surface area (Å²) in [5.41, 5.74) is 3.94. The lowest BCUT2D eigenvalue weighted by atomic mass is 10.1. The van der Waals surface area contributed by atoms with Crippen LogP contribution in [0.3, 0.4) is 0 Å². The summed E-state index contributed by atoms with van der Waals surface area (Å²) in [7, 11) is 3.06. The van der Waals surface area contributed by atoms with Gasteiger partial charge in [-0.05, 0) is 66.9 Å². The quantitative estimate of drug-likeness (QED) is 0.489. The van der Waals surface area contributed by atoms with Gasteiger partial charge in [0.2, 0.25) is 0 Å². The monoisotopic (exact) mass is 448 g/mol. The van der Waals surface area contributed by atoms with Crippen LogP contribution < -0.4 is 24.8 Å². The highest BCUT2D eigenvalue weighted by Crippen LogP contribution is 2.29. The van der Waals surface area contributed by atoms with Crippen LogP contribution in [0.25, 0.3) is 0 Å². The molecule has 7 nitrogen and oxygen atoms in total. The lowest BCUT2D eigenvalue weighted by molar-refractivity contribution is -0.118. The molecule has 7 heteroatoms. The lowest BCUT2D eigenvalue weighted by Crippen LogP contribution is -2.20. The Morgan fingerprint density at radius 3 is 2.30 bits per heavy atom. The average Bonchev–Trinajstić information content (AvgIpc) is 2.84. The molecule has 0 unspecified atom stereocenters. The van der Waals surface area contributed by atoms with E-state index in [2.05, 4.69) is 10.6 Å². The molecular formula is C26H28N2O5. The Morgan fingerprint density at radius 1 is 0.879 bits per heavy atom. The molecule has 0 aliphatic heterocycles. The summed E-state index contributed by atoms with van der Waals surface area (Å²) in [5.74, 6) is 0.854. The fraction of sp³-hybridized carbons (Fsp3) is 0.231. The zero-order chi connectivity index (χ0) is 23.8. The number of carbonyl (C=O) groups is 2. The highest BCUT2D eigenvalue weighted by Gasteiger charge is 2.15. The summed E-state index contributed by atoms with van der Waals surface area (Å²) in [6.45, 7) is 3.80. The van der Waals surface area contributed by atoms with Crippen molar-refractivity contribution < 1.29 is 23.8 Å². The van der Waals surface area contributed by atoms with E-state index in [9.17, 15) is 9.59 Å². The molecule has 0 aliphatic carbocycles. The first-order valence-electron chi connectivity index (χ1n) is 10.6. The van der Waals surface area contributed by atoms with E-state index in [4.69, 9.17) is 14.2 Å². The topological polar surface area (TPSA) is 85.9 Å². The third kappa shape index (κ3) is 6.04. The lowest BCUT2D eigenvalue weighted by Gasteiger charge is -2.15. The second kappa shape index (κ2) is 11.0. The number of amides is 2. The van der Waals surface area contributed by atoms with Gasteiger partial charge in [0.05, 0.1) is 14.2 Å². The van der Waals surface area contributed by atoms with Crippen molar-refractivity contribution in [2.24, 2.45) is 0 Å². The van der Waals surface area contributed by atoms with Crippen LogP contribution in [-0.4, -0.2) is 32.6 Å². The van der Waals surface area contributed by atoms with Gasteiger partial charge in [-0.15, -0.1) is 0 Å². The molecule has 3 rings (SSSR count). The zero-order valence-electron chi connectivity index (χ0n) is 19.2. The number of ether oxygens (including phenoxy) is 3. The van der Waals surface area contributed by atoms with Crippen molar-refractivity contribution in [3.63, 3.8) is 0 Å². The Bertz CT molecular complexity index is 1130. The van der Waals surface area contributed by atoms with Crippen LogP contribution in [0.1, 0.15) is 28.4 Å². The summed E-state index contributed by atoms with van der Waals surface area (Å²) in [4.78, 5) is 25.1.